The zero-order valence-corrected chi connectivity index (χ0v) is 7.47. The number of hydrogen-bond donors (Lipinski definition) is 0. The molecule has 0 saturated heterocycles. The summed E-state index contributed by atoms with van der Waals surface area (Å²) in [6.45, 7) is 0. The quantitative estimate of drug-likeness (QED) is 0.259. The summed E-state index contributed by atoms with van der Waals surface area (Å²) in [5.41, 5.74) is 0. The molecule has 1 aromatic carbocycles. The average Bonchev–Trinajstić information content (AvgIpc) is 2.06. The Morgan fingerprint density at radius 3 is 2.33 bits per heavy atom. The van der Waals surface area contributed by atoms with Crippen LogP contribution in [0.2, 0.25) is 0 Å². The molecule has 4 heteroatoms. The van der Waals surface area contributed by atoms with Gasteiger partial charge < -0.3 is 4.74 Å². The monoisotopic (exact) mass is 257 g/mol. The molecule has 1 aromatic rings. The SMILES string of the molecule is O=CC(=O)Oc1ccccc1.[Ag]. The second kappa shape index (κ2) is 5.71. The molecule has 0 aliphatic rings. The van der Waals surface area contributed by atoms with Crippen LogP contribution in [0.5, 0.6) is 5.75 Å². The Bertz CT molecular complexity index is 258. The first-order chi connectivity index (χ1) is 5.33. The molecule has 3 nitrogen and oxygen atoms in total. The Kier molecular flexibility index (Phi) is 5.28. The van der Waals surface area contributed by atoms with Crippen molar-refractivity contribution in [1.82, 2.24) is 0 Å². The van der Waals surface area contributed by atoms with Crippen molar-refractivity contribution in [3.8, 4) is 5.75 Å². The van der Waals surface area contributed by atoms with Crippen molar-refractivity contribution in [3.63, 3.8) is 0 Å². The summed E-state index contributed by atoms with van der Waals surface area (Å²) in [5, 5.41) is 0. The summed E-state index contributed by atoms with van der Waals surface area (Å²) in [6.07, 6.45) is 0.132. The minimum Gasteiger partial charge on any atom is -0.421 e. The second-order valence-electron chi connectivity index (χ2n) is 1.85. The third-order valence-electron chi connectivity index (χ3n) is 1.06. The van der Waals surface area contributed by atoms with E-state index >= 15 is 0 Å². The molecular formula is C8H6AgO3. The first kappa shape index (κ1) is 11.1. The third kappa shape index (κ3) is 3.48. The third-order valence-corrected chi connectivity index (χ3v) is 1.06. The summed E-state index contributed by atoms with van der Waals surface area (Å²) in [4.78, 5) is 20.2. The van der Waals surface area contributed by atoms with Crippen molar-refractivity contribution in [1.29, 1.82) is 0 Å². The zero-order valence-electron chi connectivity index (χ0n) is 5.99. The molecule has 12 heavy (non-hydrogen) atoms. The fraction of sp³-hybridized carbons (Fsp3) is 0. The maximum absolute atomic E-state index is 10.4. The van der Waals surface area contributed by atoms with Crippen LogP contribution in [-0.2, 0) is 32.0 Å². The van der Waals surface area contributed by atoms with Crippen LogP contribution in [0.15, 0.2) is 30.3 Å². The number of para-hydroxylation sites is 1. The molecule has 0 unspecified atom stereocenters. The molecule has 67 valence electrons. The Labute approximate surface area is 85.2 Å². The van der Waals surface area contributed by atoms with Gasteiger partial charge in [-0.2, -0.15) is 0 Å². The predicted octanol–water partition coefficient (Wildman–Crippen LogP) is 0.788. The molecule has 0 amide bonds. The van der Waals surface area contributed by atoms with E-state index in [1.54, 1.807) is 30.3 Å². The minimum atomic E-state index is -0.879. The van der Waals surface area contributed by atoms with Crippen LogP contribution < -0.4 is 4.74 Å². The molecule has 0 bridgehead atoms. The summed E-state index contributed by atoms with van der Waals surface area (Å²) in [7, 11) is 0. The van der Waals surface area contributed by atoms with Crippen LogP contribution in [0.3, 0.4) is 0 Å². The van der Waals surface area contributed by atoms with Gasteiger partial charge in [0.05, 0.1) is 0 Å². The predicted molar refractivity (Wildman–Crippen MR) is 38.1 cm³/mol. The van der Waals surface area contributed by atoms with Crippen molar-refractivity contribution >= 4 is 12.3 Å². The van der Waals surface area contributed by atoms with Crippen LogP contribution in [0.25, 0.3) is 0 Å². The molecule has 0 saturated carbocycles. The molecule has 0 fully saturated rings. The fourth-order valence-electron chi connectivity index (χ4n) is 0.629. The number of rotatable bonds is 2. The molecule has 0 heterocycles. The van der Waals surface area contributed by atoms with E-state index in [1.807, 2.05) is 0 Å². The van der Waals surface area contributed by atoms with Crippen LogP contribution >= 0.6 is 0 Å². The summed E-state index contributed by atoms with van der Waals surface area (Å²) in [5.74, 6) is -0.499. The van der Waals surface area contributed by atoms with Gasteiger partial charge in [0, 0.05) is 22.4 Å². The van der Waals surface area contributed by atoms with E-state index in [2.05, 4.69) is 4.74 Å². The Morgan fingerprint density at radius 1 is 1.25 bits per heavy atom. The van der Waals surface area contributed by atoms with Crippen LogP contribution in [0.4, 0.5) is 0 Å². The number of ether oxygens (including phenoxy) is 1. The zero-order chi connectivity index (χ0) is 8.10. The summed E-state index contributed by atoms with van der Waals surface area (Å²) < 4.78 is 4.56. The van der Waals surface area contributed by atoms with Gasteiger partial charge in [-0.3, -0.25) is 4.79 Å². The Morgan fingerprint density at radius 2 is 1.83 bits per heavy atom. The van der Waals surface area contributed by atoms with Gasteiger partial charge in [-0.05, 0) is 12.1 Å². The first-order valence-corrected chi connectivity index (χ1v) is 3.05. The molecule has 0 spiro atoms. The van der Waals surface area contributed by atoms with Gasteiger partial charge >= 0.3 is 5.97 Å². The number of carbonyl (C=O) groups is 2. The smallest absolute Gasteiger partial charge is 0.376 e. The van der Waals surface area contributed by atoms with E-state index in [0.29, 0.717) is 5.75 Å². The van der Waals surface area contributed by atoms with Gasteiger partial charge in [-0.25, -0.2) is 4.79 Å². The topological polar surface area (TPSA) is 43.4 Å². The molecule has 0 atom stereocenters. The van der Waals surface area contributed by atoms with E-state index in [9.17, 15) is 9.59 Å². The van der Waals surface area contributed by atoms with Gasteiger partial charge in [-0.15, -0.1) is 0 Å². The maximum Gasteiger partial charge on any atom is 0.376 e. The van der Waals surface area contributed by atoms with E-state index in [0.717, 1.165) is 0 Å². The number of esters is 1. The molecule has 0 aliphatic carbocycles. The Hall–Kier alpha value is -0.900. The van der Waals surface area contributed by atoms with Gasteiger partial charge in [0.15, 0.2) is 0 Å². The second-order valence-corrected chi connectivity index (χ2v) is 1.85. The standard InChI is InChI=1S/C8H6O3.Ag/c9-6-8(10)11-7-4-2-1-3-5-7;/h1-6H;. The van der Waals surface area contributed by atoms with Crippen molar-refractivity contribution < 1.29 is 36.7 Å². The summed E-state index contributed by atoms with van der Waals surface area (Å²) in [6, 6.07) is 8.42. The normalized spacial score (nSPS) is 8.00. The largest absolute Gasteiger partial charge is 0.421 e. The van der Waals surface area contributed by atoms with Crippen LogP contribution in [0.1, 0.15) is 0 Å². The maximum atomic E-state index is 10.4. The van der Waals surface area contributed by atoms with Crippen molar-refractivity contribution in [2.75, 3.05) is 0 Å². The van der Waals surface area contributed by atoms with Crippen LogP contribution in [-0.4, -0.2) is 12.3 Å². The van der Waals surface area contributed by atoms with Gasteiger partial charge in [0.1, 0.15) is 5.75 Å². The fourth-order valence-corrected chi connectivity index (χ4v) is 0.629. The molecular weight excluding hydrogens is 252 g/mol. The number of benzene rings is 1. The molecule has 0 aliphatic heterocycles. The molecule has 0 aromatic heterocycles. The van der Waals surface area contributed by atoms with E-state index in [1.165, 1.54) is 0 Å². The van der Waals surface area contributed by atoms with Gasteiger partial charge in [0.25, 0.3) is 0 Å². The molecule has 1 radical (unpaired) electrons. The van der Waals surface area contributed by atoms with E-state index in [4.69, 9.17) is 0 Å². The van der Waals surface area contributed by atoms with E-state index in [-0.39, 0.29) is 28.7 Å². The van der Waals surface area contributed by atoms with Crippen LogP contribution in [0, 0.1) is 0 Å². The van der Waals surface area contributed by atoms with Crippen molar-refractivity contribution in [2.45, 2.75) is 0 Å². The van der Waals surface area contributed by atoms with Gasteiger partial charge in [0.2, 0.25) is 6.29 Å². The number of carbonyl (C=O) groups excluding carboxylic acids is 2. The summed E-state index contributed by atoms with van der Waals surface area (Å²) >= 11 is 0. The number of aldehydes is 1. The van der Waals surface area contributed by atoms with E-state index < -0.39 is 5.97 Å². The van der Waals surface area contributed by atoms with Crippen molar-refractivity contribution in [3.05, 3.63) is 30.3 Å². The number of hydrogen-bond acceptors (Lipinski definition) is 3. The molecule has 0 N–H and O–H groups in total. The average molecular weight is 258 g/mol. The Balaban J connectivity index is 0.00000121. The first-order valence-electron chi connectivity index (χ1n) is 3.05. The van der Waals surface area contributed by atoms with Gasteiger partial charge in [-0.1, -0.05) is 18.2 Å². The minimum absolute atomic E-state index is 0. The molecule has 1 rings (SSSR count). The van der Waals surface area contributed by atoms with Crippen molar-refractivity contribution in [2.24, 2.45) is 0 Å².